The van der Waals surface area contributed by atoms with Crippen LogP contribution >= 0.6 is 0 Å². The molecule has 2 N–H and O–H groups in total. The second-order valence-corrected chi connectivity index (χ2v) is 8.35. The molecule has 2 atom stereocenters. The molecule has 6 nitrogen and oxygen atoms in total. The third kappa shape index (κ3) is 4.32. The fraction of sp³-hybridized carbons (Fsp3) is 0.435. The molecule has 0 aliphatic carbocycles. The first kappa shape index (κ1) is 19.6. The fourth-order valence-corrected chi connectivity index (χ4v) is 4.82. The van der Waals surface area contributed by atoms with Gasteiger partial charge in [-0.25, -0.2) is 0 Å². The van der Waals surface area contributed by atoms with Crippen LogP contribution in [-0.4, -0.2) is 40.3 Å². The summed E-state index contributed by atoms with van der Waals surface area (Å²) < 4.78 is 0. The Balaban J connectivity index is 1.59. The number of rotatable bonds is 4. The first-order valence-corrected chi connectivity index (χ1v) is 10.3. The Bertz CT molecular complexity index is 911. The van der Waals surface area contributed by atoms with Crippen LogP contribution in [-0.2, 0) is 16.1 Å². The molecule has 2 aliphatic heterocycles. The van der Waals surface area contributed by atoms with E-state index in [0.29, 0.717) is 6.42 Å². The molecule has 1 aromatic carbocycles. The maximum absolute atomic E-state index is 12.3. The van der Waals surface area contributed by atoms with Gasteiger partial charge in [0.2, 0.25) is 11.8 Å². The number of pyridine rings is 1. The smallest absolute Gasteiger partial charge is 0.221 e. The van der Waals surface area contributed by atoms with Crippen molar-refractivity contribution in [3.05, 3.63) is 59.4 Å². The molecule has 1 spiro atoms. The number of hydrogen-bond donors (Lipinski definition) is 2. The molecule has 0 bridgehead atoms. The quantitative estimate of drug-likeness (QED) is 0.839. The molecule has 152 valence electrons. The van der Waals surface area contributed by atoms with Crippen LogP contribution in [0.5, 0.6) is 0 Å². The third-order valence-corrected chi connectivity index (χ3v) is 5.99. The van der Waals surface area contributed by atoms with Crippen LogP contribution in [0.2, 0.25) is 0 Å². The van der Waals surface area contributed by atoms with Crippen molar-refractivity contribution >= 4 is 17.5 Å². The minimum atomic E-state index is -0.241. The van der Waals surface area contributed by atoms with Gasteiger partial charge in [0.1, 0.15) is 0 Å². The van der Waals surface area contributed by atoms with Crippen LogP contribution in [0.4, 0.5) is 5.69 Å². The minimum Gasteiger partial charge on any atom is -0.349 e. The second-order valence-electron chi connectivity index (χ2n) is 8.35. The Morgan fingerprint density at radius 3 is 2.76 bits per heavy atom. The molecular formula is C23H28N4O2. The molecule has 2 aromatic rings. The van der Waals surface area contributed by atoms with Crippen molar-refractivity contribution in [2.45, 2.75) is 51.1 Å². The zero-order chi connectivity index (χ0) is 20.4. The second kappa shape index (κ2) is 7.95. The van der Waals surface area contributed by atoms with Gasteiger partial charge < -0.3 is 10.6 Å². The number of amides is 2. The lowest BCUT2D eigenvalue weighted by Gasteiger charge is -2.39. The number of anilines is 1. The van der Waals surface area contributed by atoms with Gasteiger partial charge >= 0.3 is 0 Å². The standard InChI is InChI=1S/C23H28N4O2/c1-16-5-3-6-20(24-16)13-27-14-21(23(15-27)12-4-7-22(29)26-23)18-8-10-19(11-9-18)25-17(2)28/h3,5-6,8-11,21H,4,7,12-15H2,1-2H3,(H,25,28)(H,26,29)/t21-,23+/m0/s1. The van der Waals surface area contributed by atoms with Crippen LogP contribution < -0.4 is 10.6 Å². The first-order chi connectivity index (χ1) is 13.9. The Hall–Kier alpha value is -2.73. The third-order valence-electron chi connectivity index (χ3n) is 5.99. The Labute approximate surface area is 171 Å². The lowest BCUT2D eigenvalue weighted by Crippen LogP contribution is -2.56. The number of nitrogens with one attached hydrogen (secondary N) is 2. The number of likely N-dealkylation sites (tertiary alicyclic amines) is 1. The summed E-state index contributed by atoms with van der Waals surface area (Å²) in [4.78, 5) is 30.7. The number of carbonyl (C=O) groups excluding carboxylic acids is 2. The highest BCUT2D eigenvalue weighted by Crippen LogP contribution is 2.42. The number of benzene rings is 1. The largest absolute Gasteiger partial charge is 0.349 e. The van der Waals surface area contributed by atoms with Gasteiger partial charge in [0.05, 0.1) is 11.2 Å². The van der Waals surface area contributed by atoms with Crippen LogP contribution in [0.1, 0.15) is 49.1 Å². The molecule has 2 amide bonds. The minimum absolute atomic E-state index is 0.0774. The molecule has 29 heavy (non-hydrogen) atoms. The predicted molar refractivity (Wildman–Crippen MR) is 112 cm³/mol. The summed E-state index contributed by atoms with van der Waals surface area (Å²) in [5.41, 5.74) is 3.83. The van der Waals surface area contributed by atoms with Crippen LogP contribution in [0.15, 0.2) is 42.5 Å². The molecule has 4 rings (SSSR count). The van der Waals surface area contributed by atoms with Crippen molar-refractivity contribution in [1.29, 1.82) is 0 Å². The number of aryl methyl sites for hydroxylation is 1. The maximum Gasteiger partial charge on any atom is 0.221 e. The summed E-state index contributed by atoms with van der Waals surface area (Å²) in [6.07, 6.45) is 2.51. The molecule has 0 radical (unpaired) electrons. The fourth-order valence-electron chi connectivity index (χ4n) is 4.82. The van der Waals surface area contributed by atoms with E-state index in [-0.39, 0.29) is 23.3 Å². The number of carbonyl (C=O) groups is 2. The van der Waals surface area contributed by atoms with Crippen LogP contribution in [0, 0.1) is 6.92 Å². The molecule has 2 fully saturated rings. The maximum atomic E-state index is 12.3. The molecular weight excluding hydrogens is 364 g/mol. The van der Waals surface area contributed by atoms with Crippen molar-refractivity contribution < 1.29 is 9.59 Å². The first-order valence-electron chi connectivity index (χ1n) is 10.3. The Kier molecular flexibility index (Phi) is 5.37. The lowest BCUT2D eigenvalue weighted by atomic mass is 9.76. The summed E-state index contributed by atoms with van der Waals surface area (Å²) in [7, 11) is 0. The lowest BCUT2D eigenvalue weighted by molar-refractivity contribution is -0.125. The van der Waals surface area contributed by atoms with E-state index in [9.17, 15) is 9.59 Å². The zero-order valence-corrected chi connectivity index (χ0v) is 17.1. The van der Waals surface area contributed by atoms with Gasteiger partial charge in [-0.2, -0.15) is 0 Å². The van der Waals surface area contributed by atoms with Crippen LogP contribution in [0.25, 0.3) is 0 Å². The van der Waals surface area contributed by atoms with E-state index in [1.165, 1.54) is 12.5 Å². The summed E-state index contributed by atoms with van der Waals surface area (Å²) in [6, 6.07) is 14.2. The highest BCUT2D eigenvalue weighted by Gasteiger charge is 2.49. The van der Waals surface area contributed by atoms with Crippen molar-refractivity contribution in [3.8, 4) is 0 Å². The topological polar surface area (TPSA) is 74.3 Å². The van der Waals surface area contributed by atoms with Gasteiger partial charge in [-0.1, -0.05) is 18.2 Å². The van der Waals surface area contributed by atoms with Crippen molar-refractivity contribution in [1.82, 2.24) is 15.2 Å². The summed E-state index contributed by atoms with van der Waals surface area (Å²) >= 11 is 0. The van der Waals surface area contributed by atoms with Crippen molar-refractivity contribution in [3.63, 3.8) is 0 Å². The highest BCUT2D eigenvalue weighted by atomic mass is 16.2. The predicted octanol–water partition coefficient (Wildman–Crippen LogP) is 2.99. The number of nitrogens with zero attached hydrogens (tertiary/aromatic N) is 2. The van der Waals surface area contributed by atoms with E-state index < -0.39 is 0 Å². The average molecular weight is 393 g/mol. The summed E-state index contributed by atoms with van der Waals surface area (Å²) in [5.74, 6) is 0.279. The average Bonchev–Trinajstić information content (AvgIpc) is 2.98. The molecule has 6 heteroatoms. The van der Waals surface area contributed by atoms with E-state index >= 15 is 0 Å². The summed E-state index contributed by atoms with van der Waals surface area (Å²) in [5, 5.41) is 6.16. The molecule has 0 unspecified atom stereocenters. The van der Waals surface area contributed by atoms with Gasteiger partial charge in [0.25, 0.3) is 0 Å². The summed E-state index contributed by atoms with van der Waals surface area (Å²) in [6.45, 7) is 5.99. The van der Waals surface area contributed by atoms with Gasteiger partial charge in [-0.3, -0.25) is 19.5 Å². The van der Waals surface area contributed by atoms with E-state index in [1.807, 2.05) is 31.2 Å². The van der Waals surface area contributed by atoms with Gasteiger partial charge in [-0.15, -0.1) is 0 Å². The molecule has 1 aromatic heterocycles. The van der Waals surface area contributed by atoms with E-state index in [4.69, 9.17) is 0 Å². The SMILES string of the molecule is CC(=O)Nc1ccc([C@@H]2CN(Cc3cccc(C)n3)C[C@]23CCCC(=O)N3)cc1. The van der Waals surface area contributed by atoms with E-state index in [1.54, 1.807) is 0 Å². The number of hydrogen-bond acceptors (Lipinski definition) is 4. The number of aromatic nitrogens is 1. The molecule has 0 saturated carbocycles. The van der Waals surface area contributed by atoms with E-state index in [2.05, 4.69) is 38.7 Å². The number of piperidine rings is 1. The molecule has 2 saturated heterocycles. The Morgan fingerprint density at radius 1 is 1.28 bits per heavy atom. The highest BCUT2D eigenvalue weighted by molar-refractivity contribution is 5.88. The van der Waals surface area contributed by atoms with Crippen molar-refractivity contribution in [2.24, 2.45) is 0 Å². The molecule has 2 aliphatic rings. The van der Waals surface area contributed by atoms with Gasteiger partial charge in [0.15, 0.2) is 0 Å². The monoisotopic (exact) mass is 392 g/mol. The van der Waals surface area contributed by atoms with Crippen molar-refractivity contribution in [2.75, 3.05) is 18.4 Å². The zero-order valence-electron chi connectivity index (χ0n) is 17.1. The van der Waals surface area contributed by atoms with Gasteiger partial charge in [-0.05, 0) is 49.6 Å². The van der Waals surface area contributed by atoms with Gasteiger partial charge in [0, 0.05) is 50.3 Å². The van der Waals surface area contributed by atoms with Crippen LogP contribution in [0.3, 0.4) is 0 Å². The van der Waals surface area contributed by atoms with E-state index in [0.717, 1.165) is 49.6 Å². The normalized spacial score (nSPS) is 24.5. The molecule has 3 heterocycles. The Morgan fingerprint density at radius 2 is 2.07 bits per heavy atom.